The molecule has 0 bridgehead atoms. The molecule has 4 heteroatoms. The second kappa shape index (κ2) is 5.35. The lowest BCUT2D eigenvalue weighted by atomic mass is 10.1. The first-order valence-corrected chi connectivity index (χ1v) is 7.03. The van der Waals surface area contributed by atoms with Crippen LogP contribution in [0.1, 0.15) is 19.3 Å². The maximum Gasteiger partial charge on any atom is 0.269 e. The van der Waals surface area contributed by atoms with Crippen LogP contribution in [0, 0.1) is 0 Å². The fraction of sp³-hybridized carbons (Fsp3) is 0.400. The second-order valence-corrected chi connectivity index (χ2v) is 5.34. The van der Waals surface area contributed by atoms with Gasteiger partial charge in [0.05, 0.1) is 11.6 Å². The third-order valence-electron chi connectivity index (χ3n) is 3.66. The molecule has 2 heterocycles. The summed E-state index contributed by atoms with van der Waals surface area (Å²) in [6.45, 7) is 1.50. The maximum absolute atomic E-state index is 12.2. The molecule has 1 aromatic carbocycles. The molecule has 1 aliphatic heterocycles. The highest BCUT2D eigenvalue weighted by molar-refractivity contribution is 6.31. The van der Waals surface area contributed by atoms with Crippen molar-refractivity contribution in [2.24, 2.45) is 0 Å². The highest BCUT2D eigenvalue weighted by Crippen LogP contribution is 2.19. The summed E-state index contributed by atoms with van der Waals surface area (Å²) in [5.41, 5.74) is 0.827. The Morgan fingerprint density at radius 3 is 3.00 bits per heavy atom. The molecule has 1 fully saturated rings. The van der Waals surface area contributed by atoms with Gasteiger partial charge in [-0.05, 0) is 36.8 Å². The van der Waals surface area contributed by atoms with E-state index >= 15 is 0 Å². The van der Waals surface area contributed by atoms with E-state index in [1.54, 1.807) is 10.6 Å². The Kier molecular flexibility index (Phi) is 3.58. The highest BCUT2D eigenvalue weighted by atomic mass is 35.5. The molecule has 100 valence electrons. The van der Waals surface area contributed by atoms with Gasteiger partial charge in [0.1, 0.15) is 5.02 Å². The van der Waals surface area contributed by atoms with E-state index in [-0.39, 0.29) is 16.7 Å². The van der Waals surface area contributed by atoms with Crippen LogP contribution in [0.25, 0.3) is 10.9 Å². The Balaban J connectivity index is 1.96. The van der Waals surface area contributed by atoms with Gasteiger partial charge in [-0.25, -0.2) is 0 Å². The third kappa shape index (κ3) is 2.53. The average Bonchev–Trinajstić information content (AvgIpc) is 2.92. The van der Waals surface area contributed by atoms with Gasteiger partial charge in [-0.15, -0.1) is 0 Å². The van der Waals surface area contributed by atoms with Crippen molar-refractivity contribution >= 4 is 22.5 Å². The first-order valence-electron chi connectivity index (χ1n) is 6.65. The van der Waals surface area contributed by atoms with E-state index in [9.17, 15) is 4.79 Å². The van der Waals surface area contributed by atoms with E-state index in [1.807, 2.05) is 24.3 Å². The van der Waals surface area contributed by atoms with Gasteiger partial charge in [-0.1, -0.05) is 29.8 Å². The number of pyridine rings is 1. The fourth-order valence-corrected chi connectivity index (χ4v) is 2.88. The van der Waals surface area contributed by atoms with Crippen molar-refractivity contribution in [1.29, 1.82) is 0 Å². The lowest BCUT2D eigenvalue weighted by Gasteiger charge is -2.13. The predicted molar refractivity (Wildman–Crippen MR) is 76.8 cm³/mol. The third-order valence-corrected chi connectivity index (χ3v) is 3.93. The van der Waals surface area contributed by atoms with E-state index in [4.69, 9.17) is 16.3 Å². The van der Waals surface area contributed by atoms with Crippen LogP contribution >= 0.6 is 11.6 Å². The number of halogens is 1. The van der Waals surface area contributed by atoms with E-state index in [1.165, 1.54) is 0 Å². The molecule has 3 rings (SSSR count). The second-order valence-electron chi connectivity index (χ2n) is 4.93. The van der Waals surface area contributed by atoms with Gasteiger partial charge in [-0.3, -0.25) is 4.79 Å². The Morgan fingerprint density at radius 2 is 2.21 bits per heavy atom. The number of fused-ring (bicyclic) bond motifs is 1. The van der Waals surface area contributed by atoms with Crippen LogP contribution < -0.4 is 5.56 Å². The Bertz CT molecular complexity index is 644. The molecule has 0 radical (unpaired) electrons. The number of rotatable bonds is 3. The summed E-state index contributed by atoms with van der Waals surface area (Å²) in [6, 6.07) is 9.57. The zero-order chi connectivity index (χ0) is 13.2. The summed E-state index contributed by atoms with van der Waals surface area (Å²) in [5, 5.41) is 1.28. The van der Waals surface area contributed by atoms with Gasteiger partial charge in [0, 0.05) is 13.2 Å². The van der Waals surface area contributed by atoms with Crippen molar-refractivity contribution in [2.75, 3.05) is 6.61 Å². The van der Waals surface area contributed by atoms with Crippen LogP contribution in [0.5, 0.6) is 0 Å². The Hall–Kier alpha value is -1.32. The van der Waals surface area contributed by atoms with Crippen molar-refractivity contribution < 1.29 is 4.74 Å². The number of aryl methyl sites for hydroxylation is 1. The molecule has 19 heavy (non-hydrogen) atoms. The molecule has 0 aliphatic carbocycles. The summed E-state index contributed by atoms with van der Waals surface area (Å²) in [4.78, 5) is 12.2. The van der Waals surface area contributed by atoms with Crippen molar-refractivity contribution in [2.45, 2.75) is 31.9 Å². The largest absolute Gasteiger partial charge is 0.378 e. The minimum Gasteiger partial charge on any atom is -0.378 e. The van der Waals surface area contributed by atoms with Crippen molar-refractivity contribution in [3.8, 4) is 0 Å². The molecule has 1 aliphatic rings. The van der Waals surface area contributed by atoms with E-state index in [0.29, 0.717) is 6.54 Å². The van der Waals surface area contributed by atoms with E-state index < -0.39 is 0 Å². The van der Waals surface area contributed by atoms with Gasteiger partial charge in [0.25, 0.3) is 5.56 Å². The zero-order valence-corrected chi connectivity index (χ0v) is 11.4. The molecule has 0 spiro atoms. The molecule has 1 atom stereocenters. The average molecular weight is 278 g/mol. The minimum absolute atomic E-state index is 0.113. The number of para-hydroxylation sites is 1. The molecule has 0 saturated carbocycles. The van der Waals surface area contributed by atoms with Gasteiger partial charge in [0.15, 0.2) is 0 Å². The summed E-state index contributed by atoms with van der Waals surface area (Å²) >= 11 is 6.02. The molecule has 0 N–H and O–H groups in total. The van der Waals surface area contributed by atoms with Crippen LogP contribution in [0.2, 0.25) is 5.02 Å². The zero-order valence-electron chi connectivity index (χ0n) is 10.6. The lowest BCUT2D eigenvalue weighted by molar-refractivity contribution is 0.100. The number of benzene rings is 1. The first-order chi connectivity index (χ1) is 9.25. The number of hydrogen-bond donors (Lipinski definition) is 0. The van der Waals surface area contributed by atoms with E-state index in [2.05, 4.69) is 0 Å². The van der Waals surface area contributed by atoms with Crippen molar-refractivity contribution in [1.82, 2.24) is 4.57 Å². The van der Waals surface area contributed by atoms with Crippen LogP contribution in [0.4, 0.5) is 0 Å². The van der Waals surface area contributed by atoms with E-state index in [0.717, 1.165) is 36.8 Å². The summed E-state index contributed by atoms with van der Waals surface area (Å²) < 4.78 is 7.37. The van der Waals surface area contributed by atoms with Crippen molar-refractivity contribution in [3.63, 3.8) is 0 Å². The van der Waals surface area contributed by atoms with Gasteiger partial charge in [0.2, 0.25) is 0 Å². The quantitative estimate of drug-likeness (QED) is 0.862. The van der Waals surface area contributed by atoms with Crippen molar-refractivity contribution in [3.05, 3.63) is 45.7 Å². The van der Waals surface area contributed by atoms with Crippen LogP contribution in [-0.2, 0) is 11.3 Å². The predicted octanol–water partition coefficient (Wildman–Crippen LogP) is 3.22. The highest BCUT2D eigenvalue weighted by Gasteiger charge is 2.16. The first kappa shape index (κ1) is 12.7. The Labute approximate surface area is 116 Å². The SMILES string of the molecule is O=c1c(Cl)cc2ccccc2n1CC[C@H]1CCCO1. The summed E-state index contributed by atoms with van der Waals surface area (Å²) in [7, 11) is 0. The van der Waals surface area contributed by atoms with Crippen LogP contribution in [-0.4, -0.2) is 17.3 Å². The van der Waals surface area contributed by atoms with Gasteiger partial charge in [-0.2, -0.15) is 0 Å². The number of hydrogen-bond acceptors (Lipinski definition) is 2. The summed E-state index contributed by atoms with van der Waals surface area (Å²) in [5.74, 6) is 0. The molecular formula is C15H16ClNO2. The van der Waals surface area contributed by atoms with Gasteiger partial charge >= 0.3 is 0 Å². The fourth-order valence-electron chi connectivity index (χ4n) is 2.66. The summed E-state index contributed by atoms with van der Waals surface area (Å²) in [6.07, 6.45) is 3.36. The Morgan fingerprint density at radius 1 is 1.37 bits per heavy atom. The van der Waals surface area contributed by atoms with Gasteiger partial charge < -0.3 is 9.30 Å². The molecule has 1 saturated heterocycles. The smallest absolute Gasteiger partial charge is 0.269 e. The van der Waals surface area contributed by atoms with Crippen LogP contribution in [0.3, 0.4) is 0 Å². The van der Waals surface area contributed by atoms with Crippen LogP contribution in [0.15, 0.2) is 35.1 Å². The lowest BCUT2D eigenvalue weighted by Crippen LogP contribution is -2.23. The monoisotopic (exact) mass is 277 g/mol. The molecular weight excluding hydrogens is 262 g/mol. The standard InChI is InChI=1S/C15H16ClNO2/c16-13-10-11-4-1-2-6-14(11)17(15(13)18)8-7-12-5-3-9-19-12/h1-2,4,6,10,12H,3,5,7-9H2/t12-/m1/s1. The minimum atomic E-state index is -0.113. The normalized spacial score (nSPS) is 19.1. The number of ether oxygens (including phenoxy) is 1. The molecule has 0 unspecified atom stereocenters. The molecule has 1 aromatic heterocycles. The molecule has 2 aromatic rings. The number of nitrogens with zero attached hydrogens (tertiary/aromatic N) is 1. The molecule has 0 amide bonds. The number of aromatic nitrogens is 1. The molecule has 3 nitrogen and oxygen atoms in total. The maximum atomic E-state index is 12.2. The topological polar surface area (TPSA) is 31.2 Å².